The number of rotatable bonds is 5. The molecule has 118 valence electrons. The molecule has 0 bridgehead atoms. The Labute approximate surface area is 136 Å². The summed E-state index contributed by atoms with van der Waals surface area (Å²) in [4.78, 5) is 0. The van der Waals surface area contributed by atoms with Crippen molar-refractivity contribution < 1.29 is 13.9 Å². The lowest BCUT2D eigenvalue weighted by Gasteiger charge is -2.13. The number of hydrogen-bond acceptors (Lipinski definition) is 5. The van der Waals surface area contributed by atoms with Crippen molar-refractivity contribution in [3.8, 4) is 22.9 Å². The number of tetrazole rings is 1. The third-order valence-corrected chi connectivity index (χ3v) is 3.44. The van der Waals surface area contributed by atoms with Crippen LogP contribution < -0.4 is 9.47 Å². The summed E-state index contributed by atoms with van der Waals surface area (Å²) in [5.74, 6) is 0.759. The molecule has 3 aromatic rings. The molecule has 0 saturated heterocycles. The maximum absolute atomic E-state index is 13.7. The number of ether oxygens (including phenoxy) is 2. The minimum absolute atomic E-state index is 0.0321. The lowest BCUT2D eigenvalue weighted by atomic mass is 10.2. The van der Waals surface area contributed by atoms with Crippen LogP contribution in [0.25, 0.3) is 11.4 Å². The molecule has 23 heavy (non-hydrogen) atoms. The molecule has 8 heteroatoms. The molecule has 2 aromatic carbocycles. The first-order chi connectivity index (χ1) is 11.2. The molecule has 1 N–H and O–H groups in total. The van der Waals surface area contributed by atoms with Crippen LogP contribution in [0.1, 0.15) is 5.56 Å². The van der Waals surface area contributed by atoms with Crippen molar-refractivity contribution in [1.82, 2.24) is 20.6 Å². The minimum Gasteiger partial charge on any atom is -0.493 e. The number of halogens is 2. The van der Waals surface area contributed by atoms with Gasteiger partial charge in [0, 0.05) is 11.1 Å². The molecule has 0 unspecified atom stereocenters. The van der Waals surface area contributed by atoms with Gasteiger partial charge in [0.25, 0.3) is 0 Å². The Hall–Kier alpha value is -2.67. The van der Waals surface area contributed by atoms with E-state index >= 15 is 0 Å². The van der Waals surface area contributed by atoms with Gasteiger partial charge in [-0.2, -0.15) is 5.21 Å². The van der Waals surface area contributed by atoms with E-state index in [1.165, 1.54) is 13.2 Å². The van der Waals surface area contributed by atoms with E-state index in [4.69, 9.17) is 21.1 Å². The molecule has 1 aromatic heterocycles. The number of aromatic amines is 1. The van der Waals surface area contributed by atoms with Crippen LogP contribution in [0.3, 0.4) is 0 Å². The summed E-state index contributed by atoms with van der Waals surface area (Å²) >= 11 is 6.25. The van der Waals surface area contributed by atoms with Gasteiger partial charge in [-0.15, -0.1) is 10.2 Å². The van der Waals surface area contributed by atoms with Crippen molar-refractivity contribution in [3.63, 3.8) is 0 Å². The van der Waals surface area contributed by atoms with Crippen molar-refractivity contribution in [1.29, 1.82) is 0 Å². The Balaban J connectivity index is 1.89. The molecule has 3 rings (SSSR count). The maximum atomic E-state index is 13.7. The predicted molar refractivity (Wildman–Crippen MR) is 81.9 cm³/mol. The largest absolute Gasteiger partial charge is 0.493 e. The molecule has 0 aliphatic rings. The monoisotopic (exact) mass is 334 g/mol. The molecule has 6 nitrogen and oxygen atoms in total. The van der Waals surface area contributed by atoms with E-state index < -0.39 is 0 Å². The molecule has 0 spiro atoms. The fourth-order valence-corrected chi connectivity index (χ4v) is 2.30. The standard InChI is InChI=1S/C15H12ClFN4O2/c1-22-13-7-10(15-18-20-21-19-15)6-11(16)14(13)23-8-9-4-2-3-5-12(9)17/h2-7H,8H2,1H3,(H,18,19,20,21). The van der Waals surface area contributed by atoms with E-state index in [0.717, 1.165) is 0 Å². The second kappa shape index (κ2) is 6.62. The zero-order valence-corrected chi connectivity index (χ0v) is 12.8. The Morgan fingerprint density at radius 1 is 1.26 bits per heavy atom. The summed E-state index contributed by atoms with van der Waals surface area (Å²) in [5.41, 5.74) is 1.05. The fraction of sp³-hybridized carbons (Fsp3) is 0.133. The normalized spacial score (nSPS) is 10.6. The van der Waals surface area contributed by atoms with Gasteiger partial charge in [-0.05, 0) is 23.4 Å². The van der Waals surface area contributed by atoms with Crippen LogP contribution in [0.15, 0.2) is 36.4 Å². The van der Waals surface area contributed by atoms with E-state index in [9.17, 15) is 4.39 Å². The zero-order valence-electron chi connectivity index (χ0n) is 12.1. The molecule has 0 amide bonds. The first-order valence-electron chi connectivity index (χ1n) is 6.66. The zero-order chi connectivity index (χ0) is 16.2. The molecule has 0 fully saturated rings. The second-order valence-corrected chi connectivity index (χ2v) is 5.01. The summed E-state index contributed by atoms with van der Waals surface area (Å²) in [6.07, 6.45) is 0. The summed E-state index contributed by atoms with van der Waals surface area (Å²) < 4.78 is 24.6. The number of benzene rings is 2. The number of nitrogens with one attached hydrogen (secondary N) is 1. The molecule has 0 aliphatic heterocycles. The van der Waals surface area contributed by atoms with Gasteiger partial charge < -0.3 is 9.47 Å². The molecule has 0 atom stereocenters. The van der Waals surface area contributed by atoms with Crippen LogP contribution in [0.5, 0.6) is 11.5 Å². The number of hydrogen-bond donors (Lipinski definition) is 1. The lowest BCUT2D eigenvalue weighted by Crippen LogP contribution is -2.01. The molecular formula is C15H12ClFN4O2. The smallest absolute Gasteiger partial charge is 0.204 e. The number of aromatic nitrogens is 4. The number of H-pyrrole nitrogens is 1. The van der Waals surface area contributed by atoms with Crippen molar-refractivity contribution in [3.05, 3.63) is 52.8 Å². The molecule has 0 saturated carbocycles. The van der Waals surface area contributed by atoms with Crippen molar-refractivity contribution >= 4 is 11.6 Å². The first-order valence-corrected chi connectivity index (χ1v) is 7.04. The number of nitrogens with zero attached hydrogens (tertiary/aromatic N) is 3. The van der Waals surface area contributed by atoms with Gasteiger partial charge in [0.2, 0.25) is 5.82 Å². The average molecular weight is 335 g/mol. The van der Waals surface area contributed by atoms with E-state index in [0.29, 0.717) is 33.5 Å². The molecule has 1 heterocycles. The first kappa shape index (κ1) is 15.2. The Bertz CT molecular complexity index is 811. The Morgan fingerprint density at radius 3 is 2.78 bits per heavy atom. The van der Waals surface area contributed by atoms with E-state index in [2.05, 4.69) is 20.6 Å². The highest BCUT2D eigenvalue weighted by Crippen LogP contribution is 2.39. The van der Waals surface area contributed by atoms with E-state index in [1.807, 2.05) is 0 Å². The summed E-state index contributed by atoms with van der Waals surface area (Å²) in [6.45, 7) is 0.0321. The molecule has 0 radical (unpaired) electrons. The van der Waals surface area contributed by atoms with Gasteiger partial charge in [0.1, 0.15) is 12.4 Å². The highest BCUT2D eigenvalue weighted by molar-refractivity contribution is 6.32. The Morgan fingerprint density at radius 2 is 2.09 bits per heavy atom. The third-order valence-electron chi connectivity index (χ3n) is 3.16. The summed E-state index contributed by atoms with van der Waals surface area (Å²) in [5, 5.41) is 13.9. The Kier molecular flexibility index (Phi) is 4.38. The van der Waals surface area contributed by atoms with Gasteiger partial charge in [-0.3, -0.25) is 0 Å². The van der Waals surface area contributed by atoms with Crippen LogP contribution in [0.2, 0.25) is 5.02 Å². The van der Waals surface area contributed by atoms with Gasteiger partial charge >= 0.3 is 0 Å². The van der Waals surface area contributed by atoms with Crippen molar-refractivity contribution in [2.45, 2.75) is 6.61 Å². The quantitative estimate of drug-likeness (QED) is 0.775. The number of methoxy groups -OCH3 is 1. The molecular weight excluding hydrogens is 323 g/mol. The minimum atomic E-state index is -0.342. The van der Waals surface area contributed by atoms with Crippen LogP contribution in [0.4, 0.5) is 4.39 Å². The fourth-order valence-electron chi connectivity index (χ4n) is 2.04. The van der Waals surface area contributed by atoms with Crippen LogP contribution in [-0.2, 0) is 6.61 Å². The van der Waals surface area contributed by atoms with Crippen molar-refractivity contribution in [2.24, 2.45) is 0 Å². The predicted octanol–water partition coefficient (Wildman–Crippen LogP) is 3.25. The highest BCUT2D eigenvalue weighted by atomic mass is 35.5. The SMILES string of the molecule is COc1cc(-c2nn[nH]n2)cc(Cl)c1OCc1ccccc1F. The topological polar surface area (TPSA) is 72.9 Å². The summed E-state index contributed by atoms with van der Waals surface area (Å²) in [7, 11) is 1.49. The van der Waals surface area contributed by atoms with Gasteiger partial charge in [-0.25, -0.2) is 4.39 Å². The maximum Gasteiger partial charge on any atom is 0.204 e. The van der Waals surface area contributed by atoms with E-state index in [1.54, 1.807) is 30.3 Å². The van der Waals surface area contributed by atoms with Gasteiger partial charge in [0.15, 0.2) is 11.5 Å². The summed E-state index contributed by atoms with van der Waals surface area (Å²) in [6, 6.07) is 9.67. The third kappa shape index (κ3) is 3.24. The lowest BCUT2D eigenvalue weighted by molar-refractivity contribution is 0.280. The van der Waals surface area contributed by atoms with E-state index in [-0.39, 0.29) is 12.4 Å². The second-order valence-electron chi connectivity index (χ2n) is 4.60. The van der Waals surface area contributed by atoms with Gasteiger partial charge in [-0.1, -0.05) is 29.8 Å². The van der Waals surface area contributed by atoms with Crippen LogP contribution >= 0.6 is 11.6 Å². The van der Waals surface area contributed by atoms with Crippen molar-refractivity contribution in [2.75, 3.05) is 7.11 Å². The highest BCUT2D eigenvalue weighted by Gasteiger charge is 2.15. The molecule has 0 aliphatic carbocycles. The van der Waals surface area contributed by atoms with Crippen LogP contribution in [0, 0.1) is 5.82 Å². The van der Waals surface area contributed by atoms with Gasteiger partial charge in [0.05, 0.1) is 12.1 Å². The average Bonchev–Trinajstić information content (AvgIpc) is 3.09. The van der Waals surface area contributed by atoms with Crippen LogP contribution in [-0.4, -0.2) is 27.7 Å².